The fourth-order valence-corrected chi connectivity index (χ4v) is 1.08. The predicted octanol–water partition coefficient (Wildman–Crippen LogP) is -0.535. The lowest BCUT2D eigenvalue weighted by Gasteiger charge is -2.30. The topological polar surface area (TPSA) is 43.7 Å². The normalized spacial score (nSPS) is 35.1. The number of rotatable bonds is 0. The molecule has 2 N–H and O–H groups in total. The standard InChI is InChI=1S/C6H13NO2.ClH/c1-7-3-2-5(8)6(9)4-7;/h5-6,8-9H,2-4H2,1H3;1H. The third-order valence-corrected chi connectivity index (χ3v) is 1.75. The first-order valence-electron chi connectivity index (χ1n) is 3.25. The Labute approximate surface area is 67.1 Å². The summed E-state index contributed by atoms with van der Waals surface area (Å²) in [6, 6.07) is 0. The number of likely N-dealkylation sites (tertiary alicyclic amines) is 1. The summed E-state index contributed by atoms with van der Waals surface area (Å²) in [6.45, 7) is 1.49. The van der Waals surface area contributed by atoms with Crippen molar-refractivity contribution in [3.63, 3.8) is 0 Å². The van der Waals surface area contributed by atoms with Gasteiger partial charge < -0.3 is 15.1 Å². The van der Waals surface area contributed by atoms with Gasteiger partial charge in [-0.1, -0.05) is 0 Å². The third-order valence-electron chi connectivity index (χ3n) is 1.75. The highest BCUT2D eigenvalue weighted by Gasteiger charge is 2.22. The number of hydrogen-bond donors (Lipinski definition) is 2. The summed E-state index contributed by atoms with van der Waals surface area (Å²) < 4.78 is 0. The SMILES string of the molecule is CN1CCC(O)C(O)C1.Cl. The molecule has 0 aromatic carbocycles. The fourth-order valence-electron chi connectivity index (χ4n) is 1.08. The van der Waals surface area contributed by atoms with Crippen LogP contribution in [0.3, 0.4) is 0 Å². The molecule has 1 fully saturated rings. The second-order valence-electron chi connectivity index (χ2n) is 2.69. The first kappa shape index (κ1) is 10.2. The molecule has 0 aromatic rings. The van der Waals surface area contributed by atoms with Crippen LogP contribution in [0.4, 0.5) is 0 Å². The number of aliphatic hydroxyl groups is 2. The first-order valence-corrected chi connectivity index (χ1v) is 3.25. The number of likely N-dealkylation sites (N-methyl/N-ethyl adjacent to an activating group) is 1. The maximum absolute atomic E-state index is 9.06. The van der Waals surface area contributed by atoms with Crippen molar-refractivity contribution in [2.75, 3.05) is 20.1 Å². The largest absolute Gasteiger partial charge is 0.390 e. The lowest BCUT2D eigenvalue weighted by molar-refractivity contribution is -0.0318. The molecule has 1 saturated heterocycles. The van der Waals surface area contributed by atoms with Gasteiger partial charge in [0.15, 0.2) is 0 Å². The van der Waals surface area contributed by atoms with Crippen LogP contribution in [0.25, 0.3) is 0 Å². The Hall–Kier alpha value is 0.170. The first-order chi connectivity index (χ1) is 4.20. The van der Waals surface area contributed by atoms with Gasteiger partial charge in [-0.25, -0.2) is 0 Å². The molecule has 3 nitrogen and oxygen atoms in total. The smallest absolute Gasteiger partial charge is 0.0925 e. The molecular formula is C6H14ClNO2. The summed E-state index contributed by atoms with van der Waals surface area (Å²) in [5.74, 6) is 0. The van der Waals surface area contributed by atoms with Crippen LogP contribution in [-0.4, -0.2) is 47.5 Å². The molecule has 1 aliphatic rings. The number of β-amino-alcohol motifs (C(OH)–C–C–N with tert-alkyl or cyclic N) is 1. The average Bonchev–Trinajstić information content (AvgIpc) is 1.80. The van der Waals surface area contributed by atoms with Gasteiger partial charge in [0.25, 0.3) is 0 Å². The highest BCUT2D eigenvalue weighted by molar-refractivity contribution is 5.85. The van der Waals surface area contributed by atoms with Gasteiger partial charge in [0, 0.05) is 13.1 Å². The van der Waals surface area contributed by atoms with E-state index in [-0.39, 0.29) is 12.4 Å². The zero-order valence-electron chi connectivity index (χ0n) is 6.03. The molecular weight excluding hydrogens is 154 g/mol. The molecule has 2 atom stereocenters. The van der Waals surface area contributed by atoms with E-state index < -0.39 is 12.2 Å². The molecule has 0 radical (unpaired) electrons. The molecule has 0 saturated carbocycles. The Balaban J connectivity index is 0.000000810. The number of aliphatic hydroxyl groups excluding tert-OH is 2. The van der Waals surface area contributed by atoms with Crippen LogP contribution in [0.1, 0.15) is 6.42 Å². The molecule has 4 heteroatoms. The third kappa shape index (κ3) is 2.42. The van der Waals surface area contributed by atoms with Gasteiger partial charge in [0.1, 0.15) is 0 Å². The molecule has 1 aliphatic heterocycles. The quantitative estimate of drug-likeness (QED) is 0.510. The molecule has 0 bridgehead atoms. The highest BCUT2D eigenvalue weighted by atomic mass is 35.5. The van der Waals surface area contributed by atoms with Gasteiger partial charge in [0.05, 0.1) is 12.2 Å². The van der Waals surface area contributed by atoms with Gasteiger partial charge >= 0.3 is 0 Å². The van der Waals surface area contributed by atoms with Crippen molar-refractivity contribution in [3.8, 4) is 0 Å². The van der Waals surface area contributed by atoms with Gasteiger partial charge in [-0.15, -0.1) is 12.4 Å². The van der Waals surface area contributed by atoms with E-state index in [1.807, 2.05) is 11.9 Å². The number of halogens is 1. The summed E-state index contributed by atoms with van der Waals surface area (Å²) in [7, 11) is 1.94. The number of piperidine rings is 1. The van der Waals surface area contributed by atoms with E-state index in [1.165, 1.54) is 0 Å². The minimum absolute atomic E-state index is 0. The van der Waals surface area contributed by atoms with E-state index in [4.69, 9.17) is 10.2 Å². The Morgan fingerprint density at radius 1 is 1.30 bits per heavy atom. The molecule has 1 rings (SSSR count). The molecule has 2 unspecified atom stereocenters. The van der Waals surface area contributed by atoms with Crippen molar-refractivity contribution in [2.45, 2.75) is 18.6 Å². The van der Waals surface area contributed by atoms with Gasteiger partial charge in [-0.05, 0) is 13.5 Å². The number of nitrogens with zero attached hydrogens (tertiary/aromatic N) is 1. The summed E-state index contributed by atoms with van der Waals surface area (Å²) in [5, 5.41) is 18.1. The second-order valence-corrected chi connectivity index (χ2v) is 2.69. The van der Waals surface area contributed by atoms with E-state index in [0.29, 0.717) is 13.0 Å². The summed E-state index contributed by atoms with van der Waals surface area (Å²) in [6.07, 6.45) is -0.345. The van der Waals surface area contributed by atoms with Crippen molar-refractivity contribution in [1.29, 1.82) is 0 Å². The van der Waals surface area contributed by atoms with Crippen LogP contribution in [0.2, 0.25) is 0 Å². The van der Waals surface area contributed by atoms with Crippen molar-refractivity contribution in [3.05, 3.63) is 0 Å². The Morgan fingerprint density at radius 3 is 2.30 bits per heavy atom. The second kappa shape index (κ2) is 4.13. The Kier molecular flexibility index (Phi) is 4.20. The van der Waals surface area contributed by atoms with E-state index >= 15 is 0 Å². The monoisotopic (exact) mass is 167 g/mol. The minimum Gasteiger partial charge on any atom is -0.390 e. The van der Waals surface area contributed by atoms with E-state index in [1.54, 1.807) is 0 Å². The summed E-state index contributed by atoms with van der Waals surface area (Å²) >= 11 is 0. The Morgan fingerprint density at radius 2 is 1.90 bits per heavy atom. The maximum Gasteiger partial charge on any atom is 0.0925 e. The summed E-state index contributed by atoms with van der Waals surface area (Å²) in [5.41, 5.74) is 0. The molecule has 0 amide bonds. The predicted molar refractivity (Wildman–Crippen MR) is 41.4 cm³/mol. The molecule has 0 aliphatic carbocycles. The molecule has 0 aromatic heterocycles. The lowest BCUT2D eigenvalue weighted by Crippen LogP contribution is -2.44. The highest BCUT2D eigenvalue weighted by Crippen LogP contribution is 2.07. The Bertz CT molecular complexity index is 102. The molecule has 1 heterocycles. The van der Waals surface area contributed by atoms with Crippen LogP contribution in [0.5, 0.6) is 0 Å². The zero-order chi connectivity index (χ0) is 6.85. The van der Waals surface area contributed by atoms with Gasteiger partial charge in [-0.3, -0.25) is 0 Å². The molecule has 0 spiro atoms. The van der Waals surface area contributed by atoms with Crippen LogP contribution in [-0.2, 0) is 0 Å². The minimum atomic E-state index is -0.538. The van der Waals surface area contributed by atoms with Crippen molar-refractivity contribution in [2.24, 2.45) is 0 Å². The van der Waals surface area contributed by atoms with Crippen LogP contribution >= 0.6 is 12.4 Å². The molecule has 62 valence electrons. The van der Waals surface area contributed by atoms with E-state index in [0.717, 1.165) is 6.54 Å². The van der Waals surface area contributed by atoms with Gasteiger partial charge in [-0.2, -0.15) is 0 Å². The lowest BCUT2D eigenvalue weighted by atomic mass is 10.1. The summed E-state index contributed by atoms with van der Waals surface area (Å²) in [4.78, 5) is 2.01. The van der Waals surface area contributed by atoms with Crippen molar-refractivity contribution in [1.82, 2.24) is 4.90 Å². The van der Waals surface area contributed by atoms with Crippen LogP contribution < -0.4 is 0 Å². The fraction of sp³-hybridized carbons (Fsp3) is 1.00. The van der Waals surface area contributed by atoms with Crippen LogP contribution in [0, 0.1) is 0 Å². The number of hydrogen-bond acceptors (Lipinski definition) is 3. The van der Waals surface area contributed by atoms with Crippen LogP contribution in [0.15, 0.2) is 0 Å². The maximum atomic E-state index is 9.06. The van der Waals surface area contributed by atoms with Crippen molar-refractivity contribution >= 4 is 12.4 Å². The van der Waals surface area contributed by atoms with E-state index in [9.17, 15) is 0 Å². The molecule has 10 heavy (non-hydrogen) atoms. The zero-order valence-corrected chi connectivity index (χ0v) is 6.84. The van der Waals surface area contributed by atoms with E-state index in [2.05, 4.69) is 0 Å². The van der Waals surface area contributed by atoms with Crippen molar-refractivity contribution < 1.29 is 10.2 Å². The van der Waals surface area contributed by atoms with Gasteiger partial charge in [0.2, 0.25) is 0 Å². The average molecular weight is 168 g/mol.